The molecular weight excluding hydrogens is 256 g/mol. The summed E-state index contributed by atoms with van der Waals surface area (Å²) in [5, 5.41) is 9.46. The summed E-state index contributed by atoms with van der Waals surface area (Å²) in [5.74, 6) is 1.13. The van der Waals surface area contributed by atoms with Crippen LogP contribution in [0.5, 0.6) is 5.75 Å². The third kappa shape index (κ3) is 6.89. The van der Waals surface area contributed by atoms with E-state index < -0.39 is 0 Å². The molecule has 4 nitrogen and oxygen atoms in total. The molecule has 0 saturated carbocycles. The van der Waals surface area contributed by atoms with Crippen molar-refractivity contribution in [3.05, 3.63) is 29.8 Å². The lowest BCUT2D eigenvalue weighted by atomic mass is 9.95. The second-order valence-corrected chi connectivity index (χ2v) is 4.85. The van der Waals surface area contributed by atoms with Crippen molar-refractivity contribution in [2.24, 2.45) is 5.92 Å². The Hall–Kier alpha value is -1.10. The van der Waals surface area contributed by atoms with Crippen LogP contribution >= 0.6 is 0 Å². The fourth-order valence-corrected chi connectivity index (χ4v) is 2.11. The van der Waals surface area contributed by atoms with Crippen LogP contribution in [0.15, 0.2) is 24.3 Å². The summed E-state index contributed by atoms with van der Waals surface area (Å²) >= 11 is 0. The van der Waals surface area contributed by atoms with E-state index in [0.717, 1.165) is 31.6 Å². The molecule has 0 aliphatic rings. The molecule has 0 aliphatic carbocycles. The van der Waals surface area contributed by atoms with Crippen molar-refractivity contribution in [3.8, 4) is 5.75 Å². The summed E-state index contributed by atoms with van der Waals surface area (Å²) in [4.78, 5) is 0. The van der Waals surface area contributed by atoms with E-state index in [-0.39, 0.29) is 12.5 Å². The van der Waals surface area contributed by atoms with Gasteiger partial charge in [-0.15, -0.1) is 0 Å². The second kappa shape index (κ2) is 10.7. The highest BCUT2D eigenvalue weighted by molar-refractivity contribution is 5.28. The number of methoxy groups -OCH3 is 2. The predicted octanol–water partition coefficient (Wildman–Crippen LogP) is 2.29. The zero-order chi connectivity index (χ0) is 14.6. The zero-order valence-electron chi connectivity index (χ0n) is 12.5. The topological polar surface area (TPSA) is 47.9 Å². The molecule has 0 saturated heterocycles. The molecule has 0 spiro atoms. The van der Waals surface area contributed by atoms with Gasteiger partial charge in [0.15, 0.2) is 0 Å². The lowest BCUT2D eigenvalue weighted by Gasteiger charge is -2.14. The third-order valence-corrected chi connectivity index (χ3v) is 3.25. The summed E-state index contributed by atoms with van der Waals surface area (Å²) in [6.07, 6.45) is 2.78. The van der Waals surface area contributed by atoms with Gasteiger partial charge in [0.05, 0.1) is 20.3 Å². The first kappa shape index (κ1) is 17.0. The number of benzene rings is 1. The van der Waals surface area contributed by atoms with Crippen LogP contribution in [0.2, 0.25) is 0 Å². The van der Waals surface area contributed by atoms with Gasteiger partial charge in [0.2, 0.25) is 0 Å². The first-order valence-electron chi connectivity index (χ1n) is 7.10. The molecule has 0 radical (unpaired) electrons. The van der Waals surface area contributed by atoms with Crippen LogP contribution in [-0.2, 0) is 15.9 Å². The molecule has 0 bridgehead atoms. The van der Waals surface area contributed by atoms with Gasteiger partial charge in [0, 0.05) is 20.3 Å². The normalized spacial score (nSPS) is 12.3. The largest absolute Gasteiger partial charge is 0.497 e. The molecule has 1 rings (SSSR count). The van der Waals surface area contributed by atoms with Crippen LogP contribution in [-0.4, -0.2) is 45.8 Å². The van der Waals surface area contributed by atoms with Gasteiger partial charge >= 0.3 is 0 Å². The molecule has 20 heavy (non-hydrogen) atoms. The number of aliphatic hydroxyl groups is 1. The number of hydrogen-bond acceptors (Lipinski definition) is 4. The quantitative estimate of drug-likeness (QED) is 0.633. The fraction of sp³-hybridized carbons (Fsp3) is 0.625. The summed E-state index contributed by atoms with van der Waals surface area (Å²) in [6, 6.07) is 8.01. The molecular formula is C16H26O4. The molecule has 114 valence electrons. The van der Waals surface area contributed by atoms with E-state index in [4.69, 9.17) is 14.2 Å². The second-order valence-electron chi connectivity index (χ2n) is 4.85. The summed E-state index contributed by atoms with van der Waals surface area (Å²) in [6.45, 7) is 2.19. The number of hydrogen-bond donors (Lipinski definition) is 1. The van der Waals surface area contributed by atoms with Gasteiger partial charge in [-0.1, -0.05) is 12.1 Å². The highest BCUT2D eigenvalue weighted by Gasteiger charge is 2.09. The Morgan fingerprint density at radius 1 is 1.15 bits per heavy atom. The molecule has 1 aromatic rings. The minimum Gasteiger partial charge on any atom is -0.497 e. The standard InChI is InChI=1S/C16H26O4/c1-18-9-10-20-8-4-6-15(13-17)11-14-5-3-7-16(12-14)19-2/h3,5,7,12,15,17H,4,6,8-11,13H2,1-2H3. The lowest BCUT2D eigenvalue weighted by molar-refractivity contribution is 0.0657. The van der Waals surface area contributed by atoms with Crippen molar-refractivity contribution >= 4 is 0 Å². The van der Waals surface area contributed by atoms with Crippen molar-refractivity contribution < 1.29 is 19.3 Å². The maximum absolute atomic E-state index is 9.46. The Kier molecular flexibility index (Phi) is 9.04. The van der Waals surface area contributed by atoms with Gasteiger partial charge in [-0.3, -0.25) is 0 Å². The average molecular weight is 282 g/mol. The van der Waals surface area contributed by atoms with E-state index in [1.165, 1.54) is 5.56 Å². The number of rotatable bonds is 11. The monoisotopic (exact) mass is 282 g/mol. The highest BCUT2D eigenvalue weighted by Crippen LogP contribution is 2.18. The molecule has 1 unspecified atom stereocenters. The molecule has 1 atom stereocenters. The summed E-state index contributed by atoms with van der Waals surface area (Å²) in [5.41, 5.74) is 1.20. The van der Waals surface area contributed by atoms with Gasteiger partial charge in [-0.25, -0.2) is 0 Å². The van der Waals surface area contributed by atoms with Gasteiger partial charge < -0.3 is 19.3 Å². The molecule has 0 heterocycles. The zero-order valence-corrected chi connectivity index (χ0v) is 12.5. The van der Waals surface area contributed by atoms with Crippen molar-refractivity contribution in [1.29, 1.82) is 0 Å². The molecule has 0 amide bonds. The Bertz CT molecular complexity index is 354. The summed E-state index contributed by atoms with van der Waals surface area (Å²) < 4.78 is 15.6. The third-order valence-electron chi connectivity index (χ3n) is 3.25. The van der Waals surface area contributed by atoms with Crippen LogP contribution in [0.1, 0.15) is 18.4 Å². The molecule has 0 fully saturated rings. The van der Waals surface area contributed by atoms with Crippen LogP contribution in [0, 0.1) is 5.92 Å². The van der Waals surface area contributed by atoms with Gasteiger partial charge in [0.25, 0.3) is 0 Å². The van der Waals surface area contributed by atoms with Crippen LogP contribution < -0.4 is 4.74 Å². The van der Waals surface area contributed by atoms with Crippen LogP contribution in [0.3, 0.4) is 0 Å². The SMILES string of the molecule is COCCOCCCC(CO)Cc1cccc(OC)c1. The van der Waals surface area contributed by atoms with Crippen molar-refractivity contribution in [1.82, 2.24) is 0 Å². The maximum Gasteiger partial charge on any atom is 0.119 e. The fourth-order valence-electron chi connectivity index (χ4n) is 2.11. The summed E-state index contributed by atoms with van der Waals surface area (Å²) in [7, 11) is 3.33. The van der Waals surface area contributed by atoms with E-state index in [9.17, 15) is 5.11 Å². The maximum atomic E-state index is 9.46. The van der Waals surface area contributed by atoms with Crippen LogP contribution in [0.4, 0.5) is 0 Å². The van der Waals surface area contributed by atoms with Gasteiger partial charge in [0.1, 0.15) is 5.75 Å². The lowest BCUT2D eigenvalue weighted by Crippen LogP contribution is -2.11. The molecule has 1 aromatic carbocycles. The van der Waals surface area contributed by atoms with E-state index in [1.807, 2.05) is 18.2 Å². The van der Waals surface area contributed by atoms with Crippen molar-refractivity contribution in [2.75, 3.05) is 40.6 Å². The first-order chi connectivity index (χ1) is 9.80. The molecule has 0 aliphatic heterocycles. The van der Waals surface area contributed by atoms with Crippen molar-refractivity contribution in [3.63, 3.8) is 0 Å². The van der Waals surface area contributed by atoms with E-state index >= 15 is 0 Å². The van der Waals surface area contributed by atoms with E-state index in [0.29, 0.717) is 13.2 Å². The Morgan fingerprint density at radius 2 is 2.00 bits per heavy atom. The Morgan fingerprint density at radius 3 is 2.70 bits per heavy atom. The average Bonchev–Trinajstić information content (AvgIpc) is 2.49. The molecule has 0 aromatic heterocycles. The Balaban J connectivity index is 2.27. The van der Waals surface area contributed by atoms with E-state index in [1.54, 1.807) is 14.2 Å². The Labute approximate surface area is 121 Å². The highest BCUT2D eigenvalue weighted by atomic mass is 16.5. The molecule has 1 N–H and O–H groups in total. The minimum absolute atomic E-state index is 0.204. The van der Waals surface area contributed by atoms with Gasteiger partial charge in [-0.05, 0) is 42.9 Å². The van der Waals surface area contributed by atoms with Crippen LogP contribution in [0.25, 0.3) is 0 Å². The minimum atomic E-state index is 0.204. The number of aliphatic hydroxyl groups excluding tert-OH is 1. The van der Waals surface area contributed by atoms with Crippen molar-refractivity contribution in [2.45, 2.75) is 19.3 Å². The number of ether oxygens (including phenoxy) is 3. The molecule has 4 heteroatoms. The van der Waals surface area contributed by atoms with Gasteiger partial charge in [-0.2, -0.15) is 0 Å². The predicted molar refractivity (Wildman–Crippen MR) is 79.2 cm³/mol. The van der Waals surface area contributed by atoms with E-state index in [2.05, 4.69) is 6.07 Å². The first-order valence-corrected chi connectivity index (χ1v) is 7.10. The smallest absolute Gasteiger partial charge is 0.119 e.